The van der Waals surface area contributed by atoms with Crippen molar-refractivity contribution in [2.45, 2.75) is 59.0 Å². The summed E-state index contributed by atoms with van der Waals surface area (Å²) in [6.45, 7) is 11.5. The second-order valence-electron chi connectivity index (χ2n) is 5.30. The number of hydrogen-bond acceptors (Lipinski definition) is 2. The summed E-state index contributed by atoms with van der Waals surface area (Å²) in [7, 11) is 0. The van der Waals surface area contributed by atoms with Crippen molar-refractivity contribution in [2.24, 2.45) is 11.1 Å². The maximum Gasteiger partial charge on any atom is 0.0216 e. The molecule has 2 heteroatoms. The molecule has 0 amide bonds. The molecular weight excluding hydrogens is 172 g/mol. The number of nitrogens with zero attached hydrogens (tertiary/aromatic N) is 1. The van der Waals surface area contributed by atoms with Crippen molar-refractivity contribution in [3.63, 3.8) is 0 Å². The fraction of sp³-hybridized carbons (Fsp3) is 1.00. The smallest absolute Gasteiger partial charge is 0.0216 e. The van der Waals surface area contributed by atoms with Gasteiger partial charge in [0.15, 0.2) is 0 Å². The normalized spacial score (nSPS) is 27.2. The summed E-state index contributed by atoms with van der Waals surface area (Å²) in [4.78, 5) is 2.54. The molecule has 0 bridgehead atoms. The Hall–Kier alpha value is -0.0800. The lowest BCUT2D eigenvalue weighted by molar-refractivity contribution is 0.0792. The molecule has 1 heterocycles. The van der Waals surface area contributed by atoms with Crippen LogP contribution in [-0.2, 0) is 0 Å². The molecule has 84 valence electrons. The summed E-state index contributed by atoms with van der Waals surface area (Å²) in [5, 5.41) is 0. The van der Waals surface area contributed by atoms with Crippen LogP contribution in [0.2, 0.25) is 0 Å². The van der Waals surface area contributed by atoms with E-state index in [1.807, 2.05) is 0 Å². The Labute approximate surface area is 88.8 Å². The Kier molecular flexibility index (Phi) is 3.96. The Balaban J connectivity index is 2.43. The first-order valence-electron chi connectivity index (χ1n) is 5.98. The molecule has 1 fully saturated rings. The van der Waals surface area contributed by atoms with E-state index < -0.39 is 0 Å². The second kappa shape index (κ2) is 4.63. The first kappa shape index (κ1) is 12.0. The Morgan fingerprint density at radius 1 is 1.29 bits per heavy atom. The van der Waals surface area contributed by atoms with E-state index >= 15 is 0 Å². The molecule has 1 saturated heterocycles. The van der Waals surface area contributed by atoms with Crippen LogP contribution in [0, 0.1) is 5.41 Å². The van der Waals surface area contributed by atoms with Crippen LogP contribution in [0.4, 0.5) is 0 Å². The second-order valence-corrected chi connectivity index (χ2v) is 5.30. The molecular formula is C12H26N2. The average Bonchev–Trinajstić information content (AvgIpc) is 2.18. The van der Waals surface area contributed by atoms with Gasteiger partial charge in [-0.3, -0.25) is 4.90 Å². The van der Waals surface area contributed by atoms with Crippen molar-refractivity contribution >= 4 is 0 Å². The zero-order chi connectivity index (χ0) is 10.8. The van der Waals surface area contributed by atoms with Crippen molar-refractivity contribution in [2.75, 3.05) is 13.1 Å². The van der Waals surface area contributed by atoms with Crippen LogP contribution in [0.5, 0.6) is 0 Å². The Morgan fingerprint density at radius 2 is 1.79 bits per heavy atom. The van der Waals surface area contributed by atoms with Crippen molar-refractivity contribution in [1.29, 1.82) is 0 Å². The highest BCUT2D eigenvalue weighted by molar-refractivity contribution is 4.85. The van der Waals surface area contributed by atoms with Gasteiger partial charge < -0.3 is 5.73 Å². The first-order chi connectivity index (χ1) is 6.48. The molecule has 2 atom stereocenters. The van der Waals surface area contributed by atoms with Gasteiger partial charge in [0, 0.05) is 12.1 Å². The number of rotatable bonds is 3. The molecule has 1 aliphatic rings. The molecule has 0 spiro atoms. The van der Waals surface area contributed by atoms with Crippen molar-refractivity contribution in [3.05, 3.63) is 0 Å². The van der Waals surface area contributed by atoms with Gasteiger partial charge in [-0.15, -0.1) is 0 Å². The lowest BCUT2D eigenvalue weighted by Gasteiger charge is -2.42. The van der Waals surface area contributed by atoms with Gasteiger partial charge in [0.2, 0.25) is 0 Å². The van der Waals surface area contributed by atoms with Gasteiger partial charge in [-0.1, -0.05) is 20.3 Å². The van der Waals surface area contributed by atoms with E-state index in [1.54, 1.807) is 0 Å². The van der Waals surface area contributed by atoms with E-state index in [2.05, 4.69) is 32.6 Å². The fourth-order valence-corrected chi connectivity index (χ4v) is 2.16. The predicted molar refractivity (Wildman–Crippen MR) is 62.3 cm³/mol. The number of hydrogen-bond donors (Lipinski definition) is 1. The minimum absolute atomic E-state index is 0.293. The highest BCUT2D eigenvalue weighted by atomic mass is 15.2. The highest BCUT2D eigenvalue weighted by Crippen LogP contribution is 2.34. The minimum Gasteiger partial charge on any atom is -0.327 e. The van der Waals surface area contributed by atoms with Crippen molar-refractivity contribution in [3.8, 4) is 0 Å². The third-order valence-corrected chi connectivity index (χ3v) is 4.20. The summed E-state index contributed by atoms with van der Waals surface area (Å²) in [5.74, 6) is 0. The summed E-state index contributed by atoms with van der Waals surface area (Å²) >= 11 is 0. The lowest BCUT2D eigenvalue weighted by atomic mass is 9.78. The van der Waals surface area contributed by atoms with Crippen LogP contribution >= 0.6 is 0 Å². The molecule has 0 aliphatic carbocycles. The van der Waals surface area contributed by atoms with Gasteiger partial charge in [0.05, 0.1) is 0 Å². The SMILES string of the molecule is CCC1(C)CCN(C(C)C(C)N)CC1. The predicted octanol–water partition coefficient (Wildman–Crippen LogP) is 2.23. The fourth-order valence-electron chi connectivity index (χ4n) is 2.16. The minimum atomic E-state index is 0.293. The molecule has 0 radical (unpaired) electrons. The van der Waals surface area contributed by atoms with E-state index in [9.17, 15) is 0 Å². The van der Waals surface area contributed by atoms with Crippen molar-refractivity contribution < 1.29 is 0 Å². The standard InChI is InChI=1S/C12H26N2/c1-5-12(4)6-8-14(9-7-12)11(3)10(2)13/h10-11H,5-9,13H2,1-4H3. The Morgan fingerprint density at radius 3 is 2.14 bits per heavy atom. The highest BCUT2D eigenvalue weighted by Gasteiger charge is 2.30. The van der Waals surface area contributed by atoms with E-state index in [1.165, 1.54) is 32.4 Å². The van der Waals surface area contributed by atoms with Crippen LogP contribution in [-0.4, -0.2) is 30.1 Å². The van der Waals surface area contributed by atoms with E-state index in [0.717, 1.165) is 0 Å². The molecule has 0 saturated carbocycles. The van der Waals surface area contributed by atoms with Gasteiger partial charge in [-0.25, -0.2) is 0 Å². The first-order valence-corrected chi connectivity index (χ1v) is 5.98. The molecule has 1 aliphatic heterocycles. The zero-order valence-electron chi connectivity index (χ0n) is 10.2. The van der Waals surface area contributed by atoms with Crippen LogP contribution in [0.3, 0.4) is 0 Å². The third kappa shape index (κ3) is 2.71. The quantitative estimate of drug-likeness (QED) is 0.753. The van der Waals surface area contributed by atoms with Gasteiger partial charge in [0.1, 0.15) is 0 Å². The largest absolute Gasteiger partial charge is 0.327 e. The summed E-state index contributed by atoms with van der Waals surface area (Å²) in [5.41, 5.74) is 6.52. The number of likely N-dealkylation sites (tertiary alicyclic amines) is 1. The third-order valence-electron chi connectivity index (χ3n) is 4.20. The monoisotopic (exact) mass is 198 g/mol. The number of piperidine rings is 1. The topological polar surface area (TPSA) is 29.3 Å². The van der Waals surface area contributed by atoms with Gasteiger partial charge >= 0.3 is 0 Å². The summed E-state index contributed by atoms with van der Waals surface area (Å²) < 4.78 is 0. The molecule has 14 heavy (non-hydrogen) atoms. The van der Waals surface area contributed by atoms with Crippen LogP contribution in [0.1, 0.15) is 47.0 Å². The van der Waals surface area contributed by atoms with Crippen LogP contribution in [0.15, 0.2) is 0 Å². The van der Waals surface area contributed by atoms with Gasteiger partial charge in [0.25, 0.3) is 0 Å². The van der Waals surface area contributed by atoms with E-state index in [4.69, 9.17) is 5.73 Å². The molecule has 2 N–H and O–H groups in total. The number of nitrogens with two attached hydrogens (primary N) is 1. The van der Waals surface area contributed by atoms with Gasteiger partial charge in [-0.05, 0) is 45.2 Å². The molecule has 0 aromatic heterocycles. The molecule has 2 nitrogen and oxygen atoms in total. The molecule has 1 rings (SSSR count). The van der Waals surface area contributed by atoms with Crippen molar-refractivity contribution in [1.82, 2.24) is 4.90 Å². The zero-order valence-corrected chi connectivity index (χ0v) is 10.2. The van der Waals surface area contributed by atoms with Gasteiger partial charge in [-0.2, -0.15) is 0 Å². The maximum atomic E-state index is 5.93. The molecule has 0 aromatic carbocycles. The molecule has 0 aromatic rings. The average molecular weight is 198 g/mol. The van der Waals surface area contributed by atoms with Crippen LogP contribution in [0.25, 0.3) is 0 Å². The molecule has 2 unspecified atom stereocenters. The summed E-state index contributed by atoms with van der Waals surface area (Å²) in [6.07, 6.45) is 3.98. The lowest BCUT2D eigenvalue weighted by Crippen LogP contribution is -2.49. The maximum absolute atomic E-state index is 5.93. The summed E-state index contributed by atoms with van der Waals surface area (Å²) in [6, 6.07) is 0.831. The van der Waals surface area contributed by atoms with E-state index in [0.29, 0.717) is 17.5 Å². The van der Waals surface area contributed by atoms with Crippen LogP contribution < -0.4 is 5.73 Å². The Bertz CT molecular complexity index is 169. The van der Waals surface area contributed by atoms with E-state index in [-0.39, 0.29) is 0 Å².